The van der Waals surface area contributed by atoms with E-state index in [0.717, 1.165) is 18.2 Å². The van der Waals surface area contributed by atoms with E-state index in [1.165, 1.54) is 12.1 Å². The highest BCUT2D eigenvalue weighted by Gasteiger charge is 2.23. The maximum Gasteiger partial charge on any atom is 0.255 e. The SMILES string of the molecule is CCCOc1ccc(Oc2ccc(F)cc2C(=O)NC2CCNC(=O)C2)cc1. The van der Waals surface area contributed by atoms with E-state index in [1.807, 2.05) is 6.92 Å². The van der Waals surface area contributed by atoms with E-state index in [2.05, 4.69) is 10.6 Å². The van der Waals surface area contributed by atoms with Crippen LogP contribution in [-0.4, -0.2) is 31.0 Å². The van der Waals surface area contributed by atoms with Crippen LogP contribution >= 0.6 is 0 Å². The van der Waals surface area contributed by atoms with Crippen LogP contribution in [0.1, 0.15) is 36.5 Å². The molecule has 2 aromatic carbocycles. The molecule has 2 N–H and O–H groups in total. The fourth-order valence-electron chi connectivity index (χ4n) is 2.89. The summed E-state index contributed by atoms with van der Waals surface area (Å²) in [6.07, 6.45) is 1.74. The van der Waals surface area contributed by atoms with E-state index >= 15 is 0 Å². The molecule has 1 heterocycles. The summed E-state index contributed by atoms with van der Waals surface area (Å²) in [7, 11) is 0. The van der Waals surface area contributed by atoms with Crippen LogP contribution in [0.15, 0.2) is 42.5 Å². The van der Waals surface area contributed by atoms with Crippen molar-refractivity contribution in [2.24, 2.45) is 0 Å². The predicted octanol–water partition coefficient (Wildman–Crippen LogP) is 3.42. The molecule has 1 saturated heterocycles. The van der Waals surface area contributed by atoms with Crippen LogP contribution in [0.2, 0.25) is 0 Å². The van der Waals surface area contributed by atoms with Gasteiger partial charge >= 0.3 is 0 Å². The van der Waals surface area contributed by atoms with Crippen molar-refractivity contribution in [1.29, 1.82) is 0 Å². The number of halogens is 1. The lowest BCUT2D eigenvalue weighted by Gasteiger charge is -2.23. The molecular weight excluding hydrogens is 363 g/mol. The van der Waals surface area contributed by atoms with E-state index in [0.29, 0.717) is 25.3 Å². The minimum atomic E-state index is -0.540. The van der Waals surface area contributed by atoms with Crippen molar-refractivity contribution in [1.82, 2.24) is 10.6 Å². The Balaban J connectivity index is 1.73. The lowest BCUT2D eigenvalue weighted by atomic mass is 10.1. The van der Waals surface area contributed by atoms with Gasteiger partial charge in [-0.3, -0.25) is 9.59 Å². The van der Waals surface area contributed by atoms with Gasteiger partial charge in [-0.15, -0.1) is 0 Å². The first-order valence-corrected chi connectivity index (χ1v) is 9.33. The van der Waals surface area contributed by atoms with E-state index in [4.69, 9.17) is 9.47 Å². The maximum atomic E-state index is 13.7. The average molecular weight is 386 g/mol. The molecule has 2 amide bonds. The van der Waals surface area contributed by atoms with Crippen LogP contribution in [0, 0.1) is 5.82 Å². The van der Waals surface area contributed by atoms with Gasteiger partial charge in [0.25, 0.3) is 5.91 Å². The Morgan fingerprint density at radius 3 is 2.68 bits per heavy atom. The molecule has 1 atom stereocenters. The maximum absolute atomic E-state index is 13.7. The summed E-state index contributed by atoms with van der Waals surface area (Å²) in [6, 6.07) is 10.5. The number of piperidine rings is 1. The summed E-state index contributed by atoms with van der Waals surface area (Å²) < 4.78 is 25.1. The van der Waals surface area contributed by atoms with E-state index in [-0.39, 0.29) is 29.7 Å². The highest BCUT2D eigenvalue weighted by atomic mass is 19.1. The smallest absolute Gasteiger partial charge is 0.255 e. The first-order valence-electron chi connectivity index (χ1n) is 9.33. The molecule has 1 fully saturated rings. The first kappa shape index (κ1) is 19.7. The Labute approximate surface area is 163 Å². The molecule has 1 unspecified atom stereocenters. The molecule has 0 radical (unpaired) electrons. The second-order valence-corrected chi connectivity index (χ2v) is 6.58. The monoisotopic (exact) mass is 386 g/mol. The molecule has 148 valence electrons. The van der Waals surface area contributed by atoms with Gasteiger partial charge in [0, 0.05) is 19.0 Å². The normalized spacial score (nSPS) is 16.2. The van der Waals surface area contributed by atoms with Gasteiger partial charge < -0.3 is 20.1 Å². The number of hydrogen-bond donors (Lipinski definition) is 2. The molecule has 0 aliphatic carbocycles. The largest absolute Gasteiger partial charge is 0.494 e. The Morgan fingerprint density at radius 2 is 1.96 bits per heavy atom. The number of benzene rings is 2. The van der Waals surface area contributed by atoms with Crippen molar-refractivity contribution >= 4 is 11.8 Å². The summed E-state index contributed by atoms with van der Waals surface area (Å²) in [5.41, 5.74) is 0.0808. The lowest BCUT2D eigenvalue weighted by molar-refractivity contribution is -0.122. The zero-order chi connectivity index (χ0) is 19.9. The minimum Gasteiger partial charge on any atom is -0.494 e. The quantitative estimate of drug-likeness (QED) is 0.765. The summed E-state index contributed by atoms with van der Waals surface area (Å²) in [5, 5.41) is 5.50. The van der Waals surface area contributed by atoms with E-state index in [1.54, 1.807) is 24.3 Å². The van der Waals surface area contributed by atoms with Crippen molar-refractivity contribution in [3.05, 3.63) is 53.8 Å². The summed E-state index contributed by atoms with van der Waals surface area (Å²) >= 11 is 0. The predicted molar refractivity (Wildman–Crippen MR) is 102 cm³/mol. The van der Waals surface area contributed by atoms with Crippen molar-refractivity contribution in [2.45, 2.75) is 32.2 Å². The highest BCUT2D eigenvalue weighted by molar-refractivity contribution is 5.97. The van der Waals surface area contributed by atoms with Crippen molar-refractivity contribution in [3.63, 3.8) is 0 Å². The van der Waals surface area contributed by atoms with Crippen molar-refractivity contribution < 1.29 is 23.5 Å². The number of carbonyl (C=O) groups is 2. The minimum absolute atomic E-state index is 0.0808. The van der Waals surface area contributed by atoms with Crippen molar-refractivity contribution in [3.8, 4) is 17.2 Å². The van der Waals surface area contributed by atoms with Gasteiger partial charge in [-0.1, -0.05) is 6.92 Å². The number of amides is 2. The zero-order valence-corrected chi connectivity index (χ0v) is 15.7. The Kier molecular flexibility index (Phi) is 6.47. The van der Waals surface area contributed by atoms with Crippen LogP contribution in [0.25, 0.3) is 0 Å². The third-order valence-corrected chi connectivity index (χ3v) is 4.29. The molecule has 1 aliphatic heterocycles. The number of nitrogens with one attached hydrogen (secondary N) is 2. The Hall–Kier alpha value is -3.09. The Bertz CT molecular complexity index is 839. The first-order chi connectivity index (χ1) is 13.5. The zero-order valence-electron chi connectivity index (χ0n) is 15.7. The van der Waals surface area contributed by atoms with Crippen LogP contribution in [0.5, 0.6) is 17.2 Å². The number of carbonyl (C=O) groups excluding carboxylic acids is 2. The summed E-state index contributed by atoms with van der Waals surface area (Å²) in [4.78, 5) is 24.1. The fraction of sp³-hybridized carbons (Fsp3) is 0.333. The lowest BCUT2D eigenvalue weighted by Crippen LogP contribution is -2.45. The van der Waals surface area contributed by atoms with Crippen LogP contribution in [-0.2, 0) is 4.79 Å². The Morgan fingerprint density at radius 1 is 1.21 bits per heavy atom. The van der Waals surface area contributed by atoms with Gasteiger partial charge in [0.15, 0.2) is 0 Å². The van der Waals surface area contributed by atoms with Gasteiger partial charge in [0.1, 0.15) is 23.1 Å². The molecule has 2 aromatic rings. The molecule has 0 saturated carbocycles. The van der Waals surface area contributed by atoms with Gasteiger partial charge in [-0.2, -0.15) is 0 Å². The molecule has 28 heavy (non-hydrogen) atoms. The molecule has 7 heteroatoms. The highest BCUT2D eigenvalue weighted by Crippen LogP contribution is 2.28. The van der Waals surface area contributed by atoms with Gasteiger partial charge in [-0.25, -0.2) is 4.39 Å². The number of rotatable bonds is 7. The van der Waals surface area contributed by atoms with Gasteiger partial charge in [0.2, 0.25) is 5.91 Å². The van der Waals surface area contributed by atoms with Crippen LogP contribution in [0.4, 0.5) is 4.39 Å². The molecule has 0 aromatic heterocycles. The molecular formula is C21H23FN2O4. The molecule has 1 aliphatic rings. The topological polar surface area (TPSA) is 76.7 Å². The fourth-order valence-corrected chi connectivity index (χ4v) is 2.89. The van der Waals surface area contributed by atoms with Gasteiger partial charge in [0.05, 0.1) is 12.2 Å². The standard InChI is InChI=1S/C21H23FN2O4/c1-2-11-27-16-4-6-17(7-5-16)28-19-8-3-14(22)12-18(19)21(26)24-15-9-10-23-20(25)13-15/h3-8,12,15H,2,9-11,13H2,1H3,(H,23,25)(H,24,26). The summed E-state index contributed by atoms with van der Waals surface area (Å²) in [6.45, 7) is 3.16. The number of ether oxygens (including phenoxy) is 2. The molecule has 0 spiro atoms. The van der Waals surface area contributed by atoms with E-state index in [9.17, 15) is 14.0 Å². The number of hydrogen-bond acceptors (Lipinski definition) is 4. The van der Waals surface area contributed by atoms with Crippen molar-refractivity contribution in [2.75, 3.05) is 13.2 Å². The summed E-state index contributed by atoms with van der Waals surface area (Å²) in [5.74, 6) is 0.335. The molecule has 0 bridgehead atoms. The average Bonchev–Trinajstić information content (AvgIpc) is 2.69. The third kappa shape index (κ3) is 5.22. The second kappa shape index (κ2) is 9.21. The van der Waals surface area contributed by atoms with Crippen LogP contribution in [0.3, 0.4) is 0 Å². The van der Waals surface area contributed by atoms with Crippen LogP contribution < -0.4 is 20.1 Å². The third-order valence-electron chi connectivity index (χ3n) is 4.29. The van der Waals surface area contributed by atoms with E-state index < -0.39 is 11.7 Å². The van der Waals surface area contributed by atoms with Gasteiger partial charge in [-0.05, 0) is 55.3 Å². The molecule has 3 rings (SSSR count). The second-order valence-electron chi connectivity index (χ2n) is 6.58. The molecule has 6 nitrogen and oxygen atoms in total.